The highest BCUT2D eigenvalue weighted by atomic mass is 35.5. The third kappa shape index (κ3) is 2.68. The summed E-state index contributed by atoms with van der Waals surface area (Å²) < 4.78 is 8.31. The highest BCUT2D eigenvalue weighted by molar-refractivity contribution is 7.71. The standard InChI is InChI=1S/C14H11N3O2S.ClH/c1-19-11-7-5-10(6-8-11)13(18)17-14(20)15-12-4-2-3-9-16(12)17;/h2-9H,1H3;1H. The summed E-state index contributed by atoms with van der Waals surface area (Å²) in [4.78, 5) is 16.7. The monoisotopic (exact) mass is 321 g/mol. The Morgan fingerprint density at radius 1 is 1.19 bits per heavy atom. The number of carbonyl (C=O) groups is 1. The Balaban J connectivity index is 0.00000161. The minimum absolute atomic E-state index is 0. The number of nitrogens with zero attached hydrogens (tertiary/aromatic N) is 3. The SMILES string of the molecule is COc1ccc(C(=O)n2c(=S)nc3ccccn32)cc1.Cl. The molecule has 0 atom stereocenters. The summed E-state index contributed by atoms with van der Waals surface area (Å²) in [5.74, 6) is 0.472. The Morgan fingerprint density at radius 2 is 1.90 bits per heavy atom. The zero-order valence-electron chi connectivity index (χ0n) is 11.1. The van der Waals surface area contributed by atoms with Gasteiger partial charge >= 0.3 is 0 Å². The second kappa shape index (κ2) is 6.07. The van der Waals surface area contributed by atoms with Gasteiger partial charge in [-0.25, -0.2) is 4.52 Å². The molecule has 0 saturated heterocycles. The topological polar surface area (TPSA) is 48.5 Å². The number of methoxy groups -OCH3 is 1. The smallest absolute Gasteiger partial charge is 0.279 e. The number of fused-ring (bicyclic) bond motifs is 1. The Hall–Kier alpha value is -2.18. The predicted octanol–water partition coefficient (Wildman–Crippen LogP) is 2.98. The molecule has 0 spiro atoms. The van der Waals surface area contributed by atoms with E-state index in [2.05, 4.69) is 4.98 Å². The maximum atomic E-state index is 12.5. The fourth-order valence-electron chi connectivity index (χ4n) is 1.96. The van der Waals surface area contributed by atoms with Crippen molar-refractivity contribution in [3.63, 3.8) is 0 Å². The minimum Gasteiger partial charge on any atom is -0.497 e. The zero-order chi connectivity index (χ0) is 14.1. The van der Waals surface area contributed by atoms with Crippen molar-refractivity contribution in [2.45, 2.75) is 0 Å². The third-order valence-corrected chi connectivity index (χ3v) is 3.22. The Kier molecular flexibility index (Phi) is 4.40. The van der Waals surface area contributed by atoms with Crippen LogP contribution in [0.4, 0.5) is 0 Å². The molecule has 2 aromatic heterocycles. The van der Waals surface area contributed by atoms with E-state index in [1.54, 1.807) is 48.2 Å². The van der Waals surface area contributed by atoms with Crippen LogP contribution in [-0.4, -0.2) is 27.2 Å². The Morgan fingerprint density at radius 3 is 2.57 bits per heavy atom. The molecule has 1 aromatic carbocycles. The highest BCUT2D eigenvalue weighted by Gasteiger charge is 2.13. The normalized spacial score (nSPS) is 10.1. The van der Waals surface area contributed by atoms with Crippen LogP contribution >= 0.6 is 24.6 Å². The predicted molar refractivity (Wildman–Crippen MR) is 84.0 cm³/mol. The van der Waals surface area contributed by atoms with Gasteiger partial charge in [0.2, 0.25) is 4.77 Å². The molecule has 0 aliphatic carbocycles. The van der Waals surface area contributed by atoms with Crippen molar-refractivity contribution in [3.05, 3.63) is 59.0 Å². The van der Waals surface area contributed by atoms with E-state index in [0.29, 0.717) is 17.0 Å². The summed E-state index contributed by atoms with van der Waals surface area (Å²) in [5, 5.41) is 0. The first-order valence-electron chi connectivity index (χ1n) is 5.96. The molecule has 2 heterocycles. The number of pyridine rings is 1. The van der Waals surface area contributed by atoms with Gasteiger partial charge in [-0.05, 0) is 48.6 Å². The van der Waals surface area contributed by atoms with Gasteiger partial charge in [-0.3, -0.25) is 4.79 Å². The third-order valence-electron chi connectivity index (χ3n) is 2.95. The van der Waals surface area contributed by atoms with Crippen molar-refractivity contribution >= 4 is 36.2 Å². The van der Waals surface area contributed by atoms with Crippen LogP contribution in [0.2, 0.25) is 0 Å². The summed E-state index contributed by atoms with van der Waals surface area (Å²) in [6, 6.07) is 12.3. The number of rotatable bonds is 2. The maximum Gasteiger partial charge on any atom is 0.279 e. The average Bonchev–Trinajstić information content (AvgIpc) is 2.82. The maximum absolute atomic E-state index is 12.5. The minimum atomic E-state index is -0.226. The molecule has 0 saturated carbocycles. The first-order valence-corrected chi connectivity index (χ1v) is 6.37. The molecule has 3 aromatic rings. The molecule has 0 N–H and O–H groups in total. The van der Waals surface area contributed by atoms with Crippen molar-refractivity contribution in [1.29, 1.82) is 0 Å². The van der Waals surface area contributed by atoms with Crippen LogP contribution in [0.5, 0.6) is 5.75 Å². The van der Waals surface area contributed by atoms with Crippen LogP contribution in [0.15, 0.2) is 48.7 Å². The van der Waals surface area contributed by atoms with Gasteiger partial charge in [-0.1, -0.05) is 6.07 Å². The van der Waals surface area contributed by atoms with Crippen LogP contribution in [0, 0.1) is 4.77 Å². The van der Waals surface area contributed by atoms with E-state index in [9.17, 15) is 4.79 Å². The van der Waals surface area contributed by atoms with Crippen LogP contribution in [0.1, 0.15) is 10.4 Å². The number of ether oxygens (including phenoxy) is 1. The number of hydrogen-bond donors (Lipinski definition) is 0. The molecule has 0 fully saturated rings. The second-order valence-electron chi connectivity index (χ2n) is 4.14. The lowest BCUT2D eigenvalue weighted by molar-refractivity contribution is 0.0938. The van der Waals surface area contributed by atoms with Crippen molar-refractivity contribution < 1.29 is 9.53 Å². The fraction of sp³-hybridized carbons (Fsp3) is 0.0714. The molecule has 21 heavy (non-hydrogen) atoms. The second-order valence-corrected chi connectivity index (χ2v) is 4.51. The van der Waals surface area contributed by atoms with Gasteiger partial charge in [0, 0.05) is 11.8 Å². The van der Waals surface area contributed by atoms with Crippen molar-refractivity contribution in [3.8, 4) is 5.75 Å². The molecule has 0 amide bonds. The van der Waals surface area contributed by atoms with Gasteiger partial charge in [0.1, 0.15) is 5.75 Å². The fourth-order valence-corrected chi connectivity index (χ4v) is 2.23. The van der Waals surface area contributed by atoms with E-state index >= 15 is 0 Å². The first-order chi connectivity index (χ1) is 9.70. The lowest BCUT2D eigenvalue weighted by atomic mass is 10.2. The van der Waals surface area contributed by atoms with Gasteiger partial charge in [0.25, 0.3) is 5.91 Å². The summed E-state index contributed by atoms with van der Waals surface area (Å²) in [6.07, 6.45) is 1.75. The molecule has 0 aliphatic rings. The van der Waals surface area contributed by atoms with Crippen LogP contribution in [0.3, 0.4) is 0 Å². The quantitative estimate of drug-likeness (QED) is 0.681. The summed E-state index contributed by atoms with van der Waals surface area (Å²) in [7, 11) is 1.58. The highest BCUT2D eigenvalue weighted by Crippen LogP contribution is 2.13. The molecule has 108 valence electrons. The van der Waals surface area contributed by atoms with Crippen LogP contribution in [-0.2, 0) is 0 Å². The molecular weight excluding hydrogens is 310 g/mol. The molecule has 0 aliphatic heterocycles. The van der Waals surface area contributed by atoms with Crippen molar-refractivity contribution in [1.82, 2.24) is 14.2 Å². The Bertz CT molecular complexity index is 839. The van der Waals surface area contributed by atoms with Gasteiger partial charge in [-0.2, -0.15) is 9.67 Å². The first kappa shape index (κ1) is 15.2. The van der Waals surface area contributed by atoms with Gasteiger partial charge in [0.05, 0.1) is 7.11 Å². The number of carbonyl (C=O) groups excluding carboxylic acids is 1. The van der Waals surface area contributed by atoms with E-state index in [0.717, 1.165) is 0 Å². The molecule has 0 radical (unpaired) electrons. The number of aromatic nitrogens is 3. The largest absolute Gasteiger partial charge is 0.497 e. The van der Waals surface area contributed by atoms with E-state index in [4.69, 9.17) is 17.0 Å². The summed E-state index contributed by atoms with van der Waals surface area (Å²) in [5.41, 5.74) is 1.16. The van der Waals surface area contributed by atoms with E-state index < -0.39 is 0 Å². The molecule has 0 bridgehead atoms. The van der Waals surface area contributed by atoms with Gasteiger partial charge < -0.3 is 4.74 Å². The van der Waals surface area contributed by atoms with E-state index in [-0.39, 0.29) is 23.1 Å². The van der Waals surface area contributed by atoms with Crippen LogP contribution in [0.25, 0.3) is 5.65 Å². The van der Waals surface area contributed by atoms with Crippen molar-refractivity contribution in [2.24, 2.45) is 0 Å². The molecule has 7 heteroatoms. The molecular formula is C14H12ClN3O2S. The van der Waals surface area contributed by atoms with E-state index in [1.807, 2.05) is 12.1 Å². The lowest BCUT2D eigenvalue weighted by Crippen LogP contribution is -2.17. The molecule has 3 rings (SSSR count). The Labute approximate surface area is 132 Å². The summed E-state index contributed by atoms with van der Waals surface area (Å²) >= 11 is 5.16. The molecule has 5 nitrogen and oxygen atoms in total. The van der Waals surface area contributed by atoms with Gasteiger partial charge in [-0.15, -0.1) is 12.4 Å². The van der Waals surface area contributed by atoms with Crippen LogP contribution < -0.4 is 4.74 Å². The van der Waals surface area contributed by atoms with E-state index in [1.165, 1.54) is 4.68 Å². The summed E-state index contributed by atoms with van der Waals surface area (Å²) in [6.45, 7) is 0. The number of hydrogen-bond acceptors (Lipinski definition) is 4. The zero-order valence-corrected chi connectivity index (χ0v) is 12.7. The number of halogens is 1. The lowest BCUT2D eigenvalue weighted by Gasteiger charge is -2.05. The van der Waals surface area contributed by atoms with Crippen molar-refractivity contribution in [2.75, 3.05) is 7.11 Å². The number of benzene rings is 1. The molecule has 0 unspecified atom stereocenters. The van der Waals surface area contributed by atoms with Gasteiger partial charge in [0.15, 0.2) is 5.65 Å². The average molecular weight is 322 g/mol.